The van der Waals surface area contributed by atoms with Crippen LogP contribution < -0.4 is 5.32 Å². The van der Waals surface area contributed by atoms with Gasteiger partial charge in [-0.05, 0) is 38.1 Å². The summed E-state index contributed by atoms with van der Waals surface area (Å²) in [5.74, 6) is 0.625. The largest absolute Gasteiger partial charge is 0.315 e. The highest BCUT2D eigenvalue weighted by Crippen LogP contribution is 2.39. The van der Waals surface area contributed by atoms with Gasteiger partial charge in [0.1, 0.15) is 0 Å². The number of nitrogens with zero attached hydrogens (tertiary/aromatic N) is 2. The van der Waals surface area contributed by atoms with Crippen LogP contribution in [0.5, 0.6) is 0 Å². The Kier molecular flexibility index (Phi) is 3.15. The van der Waals surface area contributed by atoms with Gasteiger partial charge in [0, 0.05) is 32.2 Å². The standard InChI is InChI=1S/C11H21N3O2S/c15-17(16,13-6-1-4-12-5-7-13)14-9-10-2-3-11(14)8-10/h10-12H,1-9H2. The molecule has 0 aromatic carbocycles. The molecule has 0 aromatic heterocycles. The zero-order chi connectivity index (χ0) is 11.9. The second-order valence-corrected chi connectivity index (χ2v) is 7.29. The van der Waals surface area contributed by atoms with E-state index >= 15 is 0 Å². The van der Waals surface area contributed by atoms with E-state index in [0.717, 1.165) is 38.9 Å². The topological polar surface area (TPSA) is 52.7 Å². The van der Waals surface area contributed by atoms with E-state index in [9.17, 15) is 8.42 Å². The summed E-state index contributed by atoms with van der Waals surface area (Å²) in [5, 5.41) is 3.25. The highest BCUT2D eigenvalue weighted by molar-refractivity contribution is 7.86. The molecule has 5 nitrogen and oxygen atoms in total. The van der Waals surface area contributed by atoms with Crippen molar-refractivity contribution >= 4 is 10.2 Å². The third-order valence-electron chi connectivity index (χ3n) is 4.28. The Labute approximate surface area is 103 Å². The maximum absolute atomic E-state index is 12.6. The molecule has 2 aliphatic heterocycles. The highest BCUT2D eigenvalue weighted by Gasteiger charge is 2.45. The molecule has 2 unspecified atom stereocenters. The maximum Gasteiger partial charge on any atom is 0.282 e. The van der Waals surface area contributed by atoms with Crippen LogP contribution in [-0.4, -0.2) is 55.8 Å². The molecule has 0 aromatic rings. The van der Waals surface area contributed by atoms with Crippen LogP contribution in [0.3, 0.4) is 0 Å². The summed E-state index contributed by atoms with van der Waals surface area (Å²) < 4.78 is 28.6. The van der Waals surface area contributed by atoms with Crippen molar-refractivity contribution in [3.63, 3.8) is 0 Å². The van der Waals surface area contributed by atoms with Gasteiger partial charge in [-0.25, -0.2) is 0 Å². The van der Waals surface area contributed by atoms with Gasteiger partial charge in [-0.3, -0.25) is 0 Å². The van der Waals surface area contributed by atoms with Crippen molar-refractivity contribution in [1.29, 1.82) is 0 Å². The molecule has 2 atom stereocenters. The Morgan fingerprint density at radius 1 is 1.12 bits per heavy atom. The molecule has 2 bridgehead atoms. The average molecular weight is 259 g/mol. The Bertz CT molecular complexity index is 376. The monoisotopic (exact) mass is 259 g/mol. The van der Waals surface area contributed by atoms with E-state index in [-0.39, 0.29) is 0 Å². The lowest BCUT2D eigenvalue weighted by molar-refractivity contribution is 0.296. The fourth-order valence-electron chi connectivity index (χ4n) is 3.36. The number of fused-ring (bicyclic) bond motifs is 2. The quantitative estimate of drug-likeness (QED) is 0.760. The van der Waals surface area contributed by atoms with Crippen molar-refractivity contribution in [2.24, 2.45) is 5.92 Å². The molecule has 6 heteroatoms. The summed E-state index contributed by atoms with van der Waals surface area (Å²) in [5.41, 5.74) is 0. The first kappa shape index (κ1) is 11.9. The molecule has 1 aliphatic carbocycles. The number of rotatable bonds is 2. The minimum atomic E-state index is -3.19. The third-order valence-corrected chi connectivity index (χ3v) is 6.34. The molecule has 0 amide bonds. The first-order valence-electron chi connectivity index (χ1n) is 6.65. The summed E-state index contributed by atoms with van der Waals surface area (Å²) in [6, 6.07) is 0.293. The van der Waals surface area contributed by atoms with E-state index in [2.05, 4.69) is 5.32 Å². The van der Waals surface area contributed by atoms with Crippen LogP contribution in [0.2, 0.25) is 0 Å². The van der Waals surface area contributed by atoms with Gasteiger partial charge in [-0.1, -0.05) is 0 Å². The second kappa shape index (κ2) is 4.50. The van der Waals surface area contributed by atoms with Gasteiger partial charge in [-0.15, -0.1) is 0 Å². The molecule has 17 heavy (non-hydrogen) atoms. The summed E-state index contributed by atoms with van der Waals surface area (Å²) in [6.07, 6.45) is 4.29. The molecule has 3 aliphatic rings. The molecule has 0 radical (unpaired) electrons. The van der Waals surface area contributed by atoms with Gasteiger partial charge in [0.15, 0.2) is 0 Å². The minimum Gasteiger partial charge on any atom is -0.315 e. The lowest BCUT2D eigenvalue weighted by Gasteiger charge is -2.31. The van der Waals surface area contributed by atoms with Gasteiger partial charge < -0.3 is 5.32 Å². The van der Waals surface area contributed by atoms with E-state index in [1.54, 1.807) is 8.61 Å². The predicted octanol–water partition coefficient (Wildman–Crippen LogP) is 0.0108. The first-order valence-corrected chi connectivity index (χ1v) is 8.05. The van der Waals surface area contributed by atoms with Gasteiger partial charge in [0.05, 0.1) is 0 Å². The molecular weight excluding hydrogens is 238 g/mol. The van der Waals surface area contributed by atoms with Crippen molar-refractivity contribution in [2.75, 3.05) is 32.7 Å². The van der Waals surface area contributed by atoms with E-state index in [0.29, 0.717) is 25.0 Å². The van der Waals surface area contributed by atoms with Gasteiger partial charge >= 0.3 is 0 Å². The minimum absolute atomic E-state index is 0.293. The number of hydrogen-bond acceptors (Lipinski definition) is 3. The lowest BCUT2D eigenvalue weighted by atomic mass is 10.1. The van der Waals surface area contributed by atoms with E-state index in [1.807, 2.05) is 0 Å². The Balaban J connectivity index is 1.75. The second-order valence-electron chi connectivity index (χ2n) is 5.41. The van der Waals surface area contributed by atoms with Gasteiger partial charge in [-0.2, -0.15) is 17.0 Å². The van der Waals surface area contributed by atoms with Crippen molar-refractivity contribution in [3.8, 4) is 0 Å². The number of piperidine rings is 1. The fourth-order valence-corrected chi connectivity index (χ4v) is 5.31. The maximum atomic E-state index is 12.6. The normalized spacial score (nSPS) is 36.2. The fraction of sp³-hybridized carbons (Fsp3) is 1.00. The first-order chi connectivity index (χ1) is 8.18. The van der Waals surface area contributed by atoms with E-state index in [1.165, 1.54) is 6.42 Å². The van der Waals surface area contributed by atoms with Crippen LogP contribution in [0.1, 0.15) is 25.7 Å². The van der Waals surface area contributed by atoms with Crippen molar-refractivity contribution in [1.82, 2.24) is 13.9 Å². The van der Waals surface area contributed by atoms with Gasteiger partial charge in [0.2, 0.25) is 0 Å². The molecule has 2 saturated heterocycles. The summed E-state index contributed by atoms with van der Waals surface area (Å²) in [7, 11) is -3.19. The van der Waals surface area contributed by atoms with E-state index in [4.69, 9.17) is 0 Å². The molecule has 1 N–H and O–H groups in total. The van der Waals surface area contributed by atoms with Crippen LogP contribution in [0.15, 0.2) is 0 Å². The van der Waals surface area contributed by atoms with Crippen LogP contribution in [0.25, 0.3) is 0 Å². The lowest BCUT2D eigenvalue weighted by Crippen LogP contribution is -2.48. The molecule has 3 rings (SSSR count). The molecule has 1 saturated carbocycles. The molecule has 3 fully saturated rings. The van der Waals surface area contributed by atoms with Crippen LogP contribution in [0, 0.1) is 5.92 Å². The number of nitrogens with one attached hydrogen (secondary N) is 1. The Morgan fingerprint density at radius 2 is 2.00 bits per heavy atom. The summed E-state index contributed by atoms with van der Waals surface area (Å²) >= 11 is 0. The van der Waals surface area contributed by atoms with Crippen molar-refractivity contribution < 1.29 is 8.42 Å². The molecular formula is C11H21N3O2S. The van der Waals surface area contributed by atoms with Crippen LogP contribution in [0.4, 0.5) is 0 Å². The van der Waals surface area contributed by atoms with Gasteiger partial charge in [0.25, 0.3) is 10.2 Å². The summed E-state index contributed by atoms with van der Waals surface area (Å²) in [4.78, 5) is 0. The number of hydrogen-bond donors (Lipinski definition) is 1. The Hall–Kier alpha value is -0.170. The molecule has 98 valence electrons. The van der Waals surface area contributed by atoms with Crippen LogP contribution in [-0.2, 0) is 10.2 Å². The highest BCUT2D eigenvalue weighted by atomic mass is 32.2. The smallest absolute Gasteiger partial charge is 0.282 e. The van der Waals surface area contributed by atoms with Crippen molar-refractivity contribution in [3.05, 3.63) is 0 Å². The molecule has 0 spiro atoms. The van der Waals surface area contributed by atoms with Crippen LogP contribution >= 0.6 is 0 Å². The SMILES string of the molecule is O=S(=O)(N1CCCNCC1)N1CC2CCC1C2. The average Bonchev–Trinajstić information content (AvgIpc) is 2.83. The Morgan fingerprint density at radius 3 is 2.71 bits per heavy atom. The molecule has 2 heterocycles. The van der Waals surface area contributed by atoms with Crippen molar-refractivity contribution in [2.45, 2.75) is 31.7 Å². The van der Waals surface area contributed by atoms with E-state index < -0.39 is 10.2 Å². The zero-order valence-corrected chi connectivity index (χ0v) is 11.0. The predicted molar refractivity (Wildman–Crippen MR) is 65.8 cm³/mol. The third kappa shape index (κ3) is 2.12. The summed E-state index contributed by atoms with van der Waals surface area (Å²) in [6.45, 7) is 3.76. The zero-order valence-electron chi connectivity index (χ0n) is 10.1.